The van der Waals surface area contributed by atoms with Crippen LogP contribution in [0.4, 0.5) is 0 Å². The van der Waals surface area contributed by atoms with Gasteiger partial charge in [0.2, 0.25) is 29.5 Å². The highest BCUT2D eigenvalue weighted by molar-refractivity contribution is 7.98. The molecule has 14 nitrogen and oxygen atoms in total. The molecule has 31 heavy (non-hydrogen) atoms. The number of nitrogens with one attached hydrogen (secondary N) is 3. The molecule has 0 aliphatic heterocycles. The summed E-state index contributed by atoms with van der Waals surface area (Å²) in [5.41, 5.74) is 15.7. The average molecular weight is 465 g/mol. The zero-order valence-electron chi connectivity index (χ0n) is 16.8. The van der Waals surface area contributed by atoms with Gasteiger partial charge < -0.3 is 43.4 Å². The van der Waals surface area contributed by atoms with Crippen LogP contribution in [0.15, 0.2) is 0 Å². The first-order valence-electron chi connectivity index (χ1n) is 8.98. The summed E-state index contributed by atoms with van der Waals surface area (Å²) in [4.78, 5) is 70.2. The largest absolute Gasteiger partial charge is 0.480 e. The second-order valence-corrected chi connectivity index (χ2v) is 7.42. The molecule has 0 radical (unpaired) electrons. The first-order valence-corrected chi connectivity index (χ1v) is 10.4. The van der Waals surface area contributed by atoms with E-state index in [4.69, 9.17) is 22.3 Å². The Balaban J connectivity index is 5.25. The number of carbonyl (C=O) groups is 6. The number of rotatable bonds is 15. The van der Waals surface area contributed by atoms with Gasteiger partial charge in [0.25, 0.3) is 0 Å². The third-order valence-corrected chi connectivity index (χ3v) is 4.49. The molecule has 5 amide bonds. The van der Waals surface area contributed by atoms with Crippen LogP contribution >= 0.6 is 11.8 Å². The van der Waals surface area contributed by atoms with Gasteiger partial charge in [-0.15, -0.1) is 0 Å². The Kier molecular flexibility index (Phi) is 12.8. The zero-order valence-corrected chi connectivity index (χ0v) is 17.6. The molecule has 0 aromatic rings. The quantitative estimate of drug-likeness (QED) is 0.115. The number of hydrogen-bond acceptors (Lipinski definition) is 9. The maximum atomic E-state index is 12.4. The molecule has 0 saturated carbocycles. The Morgan fingerprint density at radius 3 is 1.74 bits per heavy atom. The standard InChI is InChI=1S/C16H28N6O8S/c1-31-3-2-7(17)13(26)22-10(6-23)15(28)20-8(4-11(18)24)14(27)21-9(16(29)30)5-12(19)25/h7-10,23H,2-6,17H2,1H3,(H2,18,24)(H2,19,25)(H,20,28)(H,21,27)(H,22,26)(H,29,30). The fourth-order valence-corrected chi connectivity index (χ4v) is 2.69. The SMILES string of the molecule is CSCCC(N)C(=O)NC(CO)C(=O)NC(CC(N)=O)C(=O)NC(CC(N)=O)C(=O)O. The predicted molar refractivity (Wildman–Crippen MR) is 109 cm³/mol. The van der Waals surface area contributed by atoms with E-state index < -0.39 is 79.1 Å². The van der Waals surface area contributed by atoms with Crippen molar-refractivity contribution in [1.29, 1.82) is 0 Å². The van der Waals surface area contributed by atoms with Gasteiger partial charge in [-0.25, -0.2) is 4.79 Å². The normalized spacial score (nSPS) is 14.4. The smallest absolute Gasteiger partial charge is 0.326 e. The van der Waals surface area contributed by atoms with Crippen molar-refractivity contribution in [3.8, 4) is 0 Å². The zero-order chi connectivity index (χ0) is 24.1. The van der Waals surface area contributed by atoms with Crippen molar-refractivity contribution in [3.63, 3.8) is 0 Å². The maximum absolute atomic E-state index is 12.4. The van der Waals surface area contributed by atoms with Gasteiger partial charge in [0.15, 0.2) is 0 Å². The monoisotopic (exact) mass is 464 g/mol. The number of hydrogen-bond donors (Lipinski definition) is 8. The van der Waals surface area contributed by atoms with E-state index in [9.17, 15) is 33.9 Å². The fourth-order valence-electron chi connectivity index (χ4n) is 2.21. The van der Waals surface area contributed by atoms with Crippen LogP contribution in [0.1, 0.15) is 19.3 Å². The molecule has 0 aliphatic rings. The van der Waals surface area contributed by atoms with Crippen LogP contribution in [0.2, 0.25) is 0 Å². The number of aliphatic hydroxyl groups excluding tert-OH is 1. The molecular formula is C16H28N6O8S. The van der Waals surface area contributed by atoms with E-state index in [1.807, 2.05) is 11.6 Å². The molecule has 4 unspecified atom stereocenters. The molecule has 11 N–H and O–H groups in total. The van der Waals surface area contributed by atoms with Gasteiger partial charge >= 0.3 is 5.97 Å². The van der Waals surface area contributed by atoms with Gasteiger partial charge in [-0.2, -0.15) is 11.8 Å². The number of amides is 5. The van der Waals surface area contributed by atoms with Gasteiger partial charge in [-0.3, -0.25) is 24.0 Å². The molecule has 0 aromatic heterocycles. The van der Waals surface area contributed by atoms with Gasteiger partial charge in [0.05, 0.1) is 25.5 Å². The summed E-state index contributed by atoms with van der Waals surface area (Å²) < 4.78 is 0. The third-order valence-electron chi connectivity index (χ3n) is 3.84. The van der Waals surface area contributed by atoms with E-state index in [0.29, 0.717) is 12.2 Å². The molecule has 0 aliphatic carbocycles. The third kappa shape index (κ3) is 11.2. The lowest BCUT2D eigenvalue weighted by molar-refractivity contribution is -0.144. The average Bonchev–Trinajstić information content (AvgIpc) is 2.67. The van der Waals surface area contributed by atoms with Crippen molar-refractivity contribution < 1.29 is 39.0 Å². The van der Waals surface area contributed by atoms with Crippen LogP contribution < -0.4 is 33.2 Å². The molecule has 176 valence electrons. The minimum Gasteiger partial charge on any atom is -0.480 e. The van der Waals surface area contributed by atoms with Gasteiger partial charge in [-0.1, -0.05) is 0 Å². The summed E-state index contributed by atoms with van der Waals surface area (Å²) in [5, 5.41) is 24.8. The summed E-state index contributed by atoms with van der Waals surface area (Å²) in [6.07, 6.45) is 0.675. The van der Waals surface area contributed by atoms with Crippen molar-refractivity contribution in [3.05, 3.63) is 0 Å². The van der Waals surface area contributed by atoms with Crippen molar-refractivity contribution >= 4 is 47.3 Å². The molecule has 0 bridgehead atoms. The molecule has 0 heterocycles. The van der Waals surface area contributed by atoms with Crippen LogP contribution in [0.5, 0.6) is 0 Å². The first kappa shape index (κ1) is 28.1. The van der Waals surface area contributed by atoms with E-state index in [1.165, 1.54) is 11.8 Å². The van der Waals surface area contributed by atoms with Gasteiger partial charge in [-0.05, 0) is 18.4 Å². The number of carbonyl (C=O) groups excluding carboxylic acids is 5. The number of thioether (sulfide) groups is 1. The summed E-state index contributed by atoms with van der Waals surface area (Å²) in [6.45, 7) is -0.850. The van der Waals surface area contributed by atoms with E-state index in [0.717, 1.165) is 0 Å². The van der Waals surface area contributed by atoms with Crippen LogP contribution in [0, 0.1) is 0 Å². The lowest BCUT2D eigenvalue weighted by atomic mass is 10.1. The Labute approximate surface area is 182 Å². The minimum absolute atomic E-state index is 0.315. The van der Waals surface area contributed by atoms with Crippen LogP contribution in [0.25, 0.3) is 0 Å². The summed E-state index contributed by atoms with van der Waals surface area (Å²) >= 11 is 1.46. The van der Waals surface area contributed by atoms with E-state index in [-0.39, 0.29) is 0 Å². The summed E-state index contributed by atoms with van der Waals surface area (Å²) in [6, 6.07) is -5.79. The van der Waals surface area contributed by atoms with E-state index in [2.05, 4.69) is 10.6 Å². The highest BCUT2D eigenvalue weighted by Crippen LogP contribution is 2.01. The molecule has 0 fully saturated rings. The summed E-state index contributed by atoms with van der Waals surface area (Å²) in [5.74, 6) is -5.91. The van der Waals surface area contributed by atoms with Crippen molar-refractivity contribution in [2.75, 3.05) is 18.6 Å². The Morgan fingerprint density at radius 1 is 0.839 bits per heavy atom. The fraction of sp³-hybridized carbons (Fsp3) is 0.625. The summed E-state index contributed by atoms with van der Waals surface area (Å²) in [7, 11) is 0. The van der Waals surface area contributed by atoms with Crippen molar-refractivity contribution in [1.82, 2.24) is 16.0 Å². The molecule has 0 rings (SSSR count). The van der Waals surface area contributed by atoms with E-state index in [1.54, 1.807) is 0 Å². The lowest BCUT2D eigenvalue weighted by Crippen LogP contribution is -2.58. The molecule has 0 spiro atoms. The second-order valence-electron chi connectivity index (χ2n) is 6.43. The minimum atomic E-state index is -1.71. The second kappa shape index (κ2) is 14.2. The van der Waals surface area contributed by atoms with Gasteiger partial charge in [0, 0.05) is 0 Å². The molecule has 0 saturated heterocycles. The van der Waals surface area contributed by atoms with Crippen molar-refractivity contribution in [2.45, 2.75) is 43.4 Å². The lowest BCUT2D eigenvalue weighted by Gasteiger charge is -2.23. The molecule has 15 heteroatoms. The molecule has 4 atom stereocenters. The Bertz CT molecular complexity index is 691. The number of aliphatic carboxylic acids is 1. The van der Waals surface area contributed by atoms with Crippen LogP contribution in [-0.2, 0) is 28.8 Å². The van der Waals surface area contributed by atoms with Crippen LogP contribution in [-0.4, -0.2) is 88.5 Å². The number of carboxylic acids is 1. The van der Waals surface area contributed by atoms with Gasteiger partial charge in [0.1, 0.15) is 18.1 Å². The molecule has 0 aromatic carbocycles. The first-order chi connectivity index (χ1) is 14.4. The number of carboxylic acid groups (broad SMARTS) is 1. The highest BCUT2D eigenvalue weighted by atomic mass is 32.2. The highest BCUT2D eigenvalue weighted by Gasteiger charge is 2.31. The number of primary amides is 2. The Hall–Kier alpha value is -2.91. The maximum Gasteiger partial charge on any atom is 0.326 e. The molecular weight excluding hydrogens is 436 g/mol. The Morgan fingerprint density at radius 2 is 1.29 bits per heavy atom. The predicted octanol–water partition coefficient (Wildman–Crippen LogP) is -4.65. The number of aliphatic hydroxyl groups is 1. The van der Waals surface area contributed by atoms with Crippen molar-refractivity contribution in [2.24, 2.45) is 17.2 Å². The topological polar surface area (TPSA) is 257 Å². The van der Waals surface area contributed by atoms with Crippen LogP contribution in [0.3, 0.4) is 0 Å². The van der Waals surface area contributed by atoms with E-state index >= 15 is 0 Å². The number of nitrogens with two attached hydrogens (primary N) is 3.